The van der Waals surface area contributed by atoms with Crippen LogP contribution in [-0.4, -0.2) is 61.9 Å². The summed E-state index contributed by atoms with van der Waals surface area (Å²) in [6.45, 7) is 3.65. The van der Waals surface area contributed by atoms with E-state index in [2.05, 4.69) is 5.32 Å². The van der Waals surface area contributed by atoms with Crippen molar-refractivity contribution in [2.45, 2.75) is 32.9 Å². The fourth-order valence-corrected chi connectivity index (χ4v) is 2.51. The van der Waals surface area contributed by atoms with Crippen LogP contribution >= 0.6 is 0 Å². The number of benzene rings is 1. The van der Waals surface area contributed by atoms with Crippen LogP contribution in [0.3, 0.4) is 0 Å². The number of carbonyl (C=O) groups is 2. The van der Waals surface area contributed by atoms with Crippen LogP contribution in [0.1, 0.15) is 25.8 Å². The van der Waals surface area contributed by atoms with Crippen molar-refractivity contribution in [1.29, 1.82) is 0 Å². The van der Waals surface area contributed by atoms with Crippen LogP contribution in [0.25, 0.3) is 0 Å². The number of amides is 2. The van der Waals surface area contributed by atoms with E-state index in [9.17, 15) is 22.4 Å². The quantitative estimate of drug-likeness (QED) is 0.684. The van der Waals surface area contributed by atoms with Crippen LogP contribution in [0, 0.1) is 5.82 Å². The van der Waals surface area contributed by atoms with Crippen LogP contribution in [0.15, 0.2) is 24.3 Å². The molecule has 0 aliphatic heterocycles. The maximum absolute atomic E-state index is 13.1. The molecule has 9 heteroatoms. The highest BCUT2D eigenvalue weighted by molar-refractivity contribution is 7.88. The minimum absolute atomic E-state index is 0.0669. The van der Waals surface area contributed by atoms with Crippen molar-refractivity contribution in [2.75, 3.05) is 26.4 Å². The Balaban J connectivity index is 3.01. The predicted molar refractivity (Wildman–Crippen MR) is 97.2 cm³/mol. The molecule has 2 amide bonds. The highest BCUT2D eigenvalue weighted by atomic mass is 32.2. The van der Waals surface area contributed by atoms with Crippen molar-refractivity contribution >= 4 is 21.8 Å². The fourth-order valence-electron chi connectivity index (χ4n) is 2.16. The molecular weight excluding hydrogens is 361 g/mol. The molecule has 7 nitrogen and oxygen atoms in total. The molecule has 0 unspecified atom stereocenters. The highest BCUT2D eigenvalue weighted by Gasteiger charge is 2.28. The molecule has 1 rings (SSSR count). The van der Waals surface area contributed by atoms with Gasteiger partial charge in [-0.3, -0.25) is 9.59 Å². The second-order valence-electron chi connectivity index (χ2n) is 6.13. The van der Waals surface area contributed by atoms with E-state index < -0.39 is 27.8 Å². The summed E-state index contributed by atoms with van der Waals surface area (Å²) >= 11 is 0. The van der Waals surface area contributed by atoms with E-state index in [4.69, 9.17) is 0 Å². The van der Waals surface area contributed by atoms with Crippen molar-refractivity contribution in [2.24, 2.45) is 0 Å². The van der Waals surface area contributed by atoms with Gasteiger partial charge in [-0.15, -0.1) is 0 Å². The van der Waals surface area contributed by atoms with Gasteiger partial charge in [-0.1, -0.05) is 19.1 Å². The van der Waals surface area contributed by atoms with Crippen LogP contribution in [0.5, 0.6) is 0 Å². The summed E-state index contributed by atoms with van der Waals surface area (Å²) in [7, 11) is -2.24. The molecule has 0 aromatic heterocycles. The van der Waals surface area contributed by atoms with Crippen LogP contribution in [-0.2, 0) is 26.2 Å². The highest BCUT2D eigenvalue weighted by Crippen LogP contribution is 2.12. The number of hydrogen-bond donors (Lipinski definition) is 1. The van der Waals surface area contributed by atoms with Gasteiger partial charge < -0.3 is 10.2 Å². The smallest absolute Gasteiger partial charge is 0.242 e. The molecule has 0 fully saturated rings. The summed E-state index contributed by atoms with van der Waals surface area (Å²) in [6.07, 6.45) is 1.75. The van der Waals surface area contributed by atoms with Gasteiger partial charge in [0, 0.05) is 20.1 Å². The van der Waals surface area contributed by atoms with E-state index in [1.807, 2.05) is 6.92 Å². The van der Waals surface area contributed by atoms with Crippen molar-refractivity contribution in [3.8, 4) is 0 Å². The van der Waals surface area contributed by atoms with E-state index in [0.29, 0.717) is 12.1 Å². The van der Waals surface area contributed by atoms with Crippen LogP contribution in [0.2, 0.25) is 0 Å². The normalized spacial score (nSPS) is 12.7. The Bertz CT molecular complexity index is 722. The molecular formula is C17H26FN3O4S. The first-order valence-corrected chi connectivity index (χ1v) is 10.1. The standard InChI is InChI=1S/C17H26FN3O4S/c1-5-10-19-17(23)13(2)21(11-14-6-8-15(18)9-7-14)16(22)12-20(3)26(4,24)25/h6-9,13H,5,10-12H2,1-4H3,(H,19,23)/t13-/m1/s1. The third kappa shape index (κ3) is 6.72. The molecule has 1 aromatic rings. The van der Waals surface area contributed by atoms with Gasteiger partial charge in [-0.2, -0.15) is 4.31 Å². The van der Waals surface area contributed by atoms with Crippen LogP contribution < -0.4 is 5.32 Å². The lowest BCUT2D eigenvalue weighted by Gasteiger charge is -2.30. The third-order valence-corrected chi connectivity index (χ3v) is 5.17. The average Bonchev–Trinajstić information content (AvgIpc) is 2.57. The monoisotopic (exact) mass is 387 g/mol. The topological polar surface area (TPSA) is 86.8 Å². The van der Waals surface area contributed by atoms with Gasteiger partial charge >= 0.3 is 0 Å². The fraction of sp³-hybridized carbons (Fsp3) is 0.529. The minimum Gasteiger partial charge on any atom is -0.354 e. The summed E-state index contributed by atoms with van der Waals surface area (Å²) in [5.74, 6) is -1.25. The number of rotatable bonds is 9. The molecule has 1 atom stereocenters. The maximum Gasteiger partial charge on any atom is 0.242 e. The van der Waals surface area contributed by atoms with Crippen molar-refractivity contribution < 1.29 is 22.4 Å². The van der Waals surface area contributed by atoms with E-state index >= 15 is 0 Å². The Morgan fingerprint density at radius 3 is 2.31 bits per heavy atom. The molecule has 26 heavy (non-hydrogen) atoms. The molecule has 0 spiro atoms. The Hall–Kier alpha value is -2.00. The molecule has 0 saturated heterocycles. The number of likely N-dealkylation sites (N-methyl/N-ethyl adjacent to an activating group) is 1. The molecule has 0 bridgehead atoms. The van der Waals surface area contributed by atoms with Gasteiger partial charge in [-0.05, 0) is 31.0 Å². The number of sulfonamides is 1. The first-order chi connectivity index (χ1) is 12.1. The van der Waals surface area contributed by atoms with E-state index in [1.54, 1.807) is 6.92 Å². The second kappa shape index (κ2) is 9.63. The molecule has 0 aliphatic carbocycles. The van der Waals surface area contributed by atoms with E-state index in [-0.39, 0.29) is 19.0 Å². The Labute approximate surface area is 154 Å². The zero-order valence-electron chi connectivity index (χ0n) is 15.5. The van der Waals surface area contributed by atoms with Gasteiger partial charge in [0.1, 0.15) is 11.9 Å². The number of halogens is 1. The number of nitrogens with zero attached hydrogens (tertiary/aromatic N) is 2. The van der Waals surface area contributed by atoms with Gasteiger partial charge in [0.2, 0.25) is 21.8 Å². The minimum atomic E-state index is -3.53. The summed E-state index contributed by atoms with van der Waals surface area (Å²) in [4.78, 5) is 26.2. The number of nitrogens with one attached hydrogen (secondary N) is 1. The van der Waals surface area contributed by atoms with Gasteiger partial charge in [0.15, 0.2) is 0 Å². The zero-order chi connectivity index (χ0) is 19.9. The van der Waals surface area contributed by atoms with Gasteiger partial charge in [0.05, 0.1) is 12.8 Å². The largest absolute Gasteiger partial charge is 0.354 e. The predicted octanol–water partition coefficient (Wildman–Crippen LogP) is 0.960. The molecule has 1 N–H and O–H groups in total. The molecule has 0 saturated carbocycles. The lowest BCUT2D eigenvalue weighted by atomic mass is 10.1. The first kappa shape index (κ1) is 22.0. The van der Waals surface area contributed by atoms with Crippen LogP contribution in [0.4, 0.5) is 4.39 Å². The number of carbonyl (C=O) groups excluding carboxylic acids is 2. The Morgan fingerprint density at radius 1 is 1.23 bits per heavy atom. The van der Waals surface area contributed by atoms with E-state index in [1.165, 1.54) is 36.2 Å². The Kier molecular flexibility index (Phi) is 8.16. The summed E-state index contributed by atoms with van der Waals surface area (Å²) < 4.78 is 37.1. The van der Waals surface area contributed by atoms with Crippen molar-refractivity contribution in [1.82, 2.24) is 14.5 Å². The number of hydrogen-bond acceptors (Lipinski definition) is 4. The first-order valence-electron chi connectivity index (χ1n) is 8.29. The lowest BCUT2D eigenvalue weighted by Crippen LogP contribution is -2.50. The van der Waals surface area contributed by atoms with Gasteiger partial charge in [-0.25, -0.2) is 12.8 Å². The van der Waals surface area contributed by atoms with Crippen molar-refractivity contribution in [3.63, 3.8) is 0 Å². The molecule has 0 heterocycles. The Morgan fingerprint density at radius 2 is 1.81 bits per heavy atom. The maximum atomic E-state index is 13.1. The zero-order valence-corrected chi connectivity index (χ0v) is 16.3. The van der Waals surface area contributed by atoms with E-state index in [0.717, 1.165) is 17.0 Å². The summed E-state index contributed by atoms with van der Waals surface area (Å²) in [5, 5.41) is 2.72. The van der Waals surface area contributed by atoms with Crippen molar-refractivity contribution in [3.05, 3.63) is 35.6 Å². The molecule has 1 aromatic carbocycles. The molecule has 146 valence electrons. The third-order valence-electron chi connectivity index (χ3n) is 3.91. The average molecular weight is 387 g/mol. The molecule has 0 aliphatic rings. The second-order valence-corrected chi connectivity index (χ2v) is 8.22. The van der Waals surface area contributed by atoms with Gasteiger partial charge in [0.25, 0.3) is 0 Å². The SMILES string of the molecule is CCCNC(=O)[C@@H](C)N(Cc1ccc(F)cc1)C(=O)CN(C)S(C)(=O)=O. The lowest BCUT2D eigenvalue weighted by molar-refractivity contribution is -0.140. The summed E-state index contributed by atoms with van der Waals surface area (Å²) in [5.41, 5.74) is 0.636. The molecule has 0 radical (unpaired) electrons. The summed E-state index contributed by atoms with van der Waals surface area (Å²) in [6, 6.07) is 4.77.